The van der Waals surface area contributed by atoms with Crippen LogP contribution in [-0.4, -0.2) is 23.5 Å². The molecule has 1 fully saturated rings. The van der Waals surface area contributed by atoms with Gasteiger partial charge in [-0.15, -0.1) is 0 Å². The highest BCUT2D eigenvalue weighted by molar-refractivity contribution is 6.30. The van der Waals surface area contributed by atoms with Crippen LogP contribution in [0.3, 0.4) is 0 Å². The van der Waals surface area contributed by atoms with E-state index in [0.717, 1.165) is 11.3 Å². The highest BCUT2D eigenvalue weighted by atomic mass is 35.5. The first-order valence-corrected chi connectivity index (χ1v) is 8.97. The summed E-state index contributed by atoms with van der Waals surface area (Å²) in [5, 5.41) is 0.538. The largest absolute Gasteiger partial charge is 0.462 e. The summed E-state index contributed by atoms with van der Waals surface area (Å²) in [4.78, 5) is 8.10. The number of pyridine rings is 1. The highest BCUT2D eigenvalue weighted by Crippen LogP contribution is 2.56. The molecule has 2 heterocycles. The topological polar surface area (TPSA) is 60.5 Å². The number of nitrogens with two attached hydrogens (primary N) is 1. The molecule has 2 aliphatic rings. The zero-order chi connectivity index (χ0) is 19.2. The van der Waals surface area contributed by atoms with Crippen LogP contribution in [0, 0.1) is 11.7 Å². The van der Waals surface area contributed by atoms with E-state index < -0.39 is 29.8 Å². The maximum atomic E-state index is 14.6. The van der Waals surface area contributed by atoms with Gasteiger partial charge in [-0.2, -0.15) is 0 Å². The molecule has 8 heteroatoms. The Morgan fingerprint density at radius 1 is 1.26 bits per heavy atom. The molecule has 1 aromatic heterocycles. The van der Waals surface area contributed by atoms with E-state index in [1.165, 1.54) is 12.1 Å². The lowest BCUT2D eigenvalue weighted by Gasteiger charge is -2.33. The van der Waals surface area contributed by atoms with Crippen LogP contribution in [0.4, 0.5) is 13.2 Å². The Hall–Kier alpha value is -2.28. The first kappa shape index (κ1) is 18.1. The van der Waals surface area contributed by atoms with E-state index in [4.69, 9.17) is 22.1 Å². The van der Waals surface area contributed by atoms with Gasteiger partial charge in [0, 0.05) is 23.4 Å². The van der Waals surface area contributed by atoms with Crippen LogP contribution in [0.15, 0.2) is 41.5 Å². The lowest BCUT2D eigenvalue weighted by Crippen LogP contribution is -2.43. The van der Waals surface area contributed by atoms with Crippen molar-refractivity contribution in [1.29, 1.82) is 0 Å². The first-order valence-electron chi connectivity index (χ1n) is 8.59. The zero-order valence-corrected chi connectivity index (χ0v) is 15.0. The molecular weight excluding hydrogens is 379 g/mol. The zero-order valence-electron chi connectivity index (χ0n) is 14.2. The van der Waals surface area contributed by atoms with Crippen molar-refractivity contribution in [3.8, 4) is 0 Å². The molecule has 0 amide bonds. The molecule has 0 bridgehead atoms. The summed E-state index contributed by atoms with van der Waals surface area (Å²) < 4.78 is 48.0. The molecule has 1 aliphatic carbocycles. The van der Waals surface area contributed by atoms with Crippen molar-refractivity contribution in [3.63, 3.8) is 0 Å². The molecule has 3 atom stereocenters. The number of nitrogens with zero attached hydrogens (tertiary/aromatic N) is 2. The minimum absolute atomic E-state index is 0.127. The monoisotopic (exact) mass is 395 g/mol. The molecule has 0 radical (unpaired) electrons. The number of hydrogen-bond donors (Lipinski definition) is 1. The van der Waals surface area contributed by atoms with E-state index in [2.05, 4.69) is 9.98 Å². The summed E-state index contributed by atoms with van der Waals surface area (Å²) in [5.41, 5.74) is 5.00. The van der Waals surface area contributed by atoms with E-state index >= 15 is 0 Å². The third kappa shape index (κ3) is 3.25. The number of aryl methyl sites for hydroxylation is 2. The summed E-state index contributed by atoms with van der Waals surface area (Å²) in [7, 11) is 0. The second-order valence-electron chi connectivity index (χ2n) is 6.86. The van der Waals surface area contributed by atoms with Gasteiger partial charge in [-0.1, -0.05) is 23.7 Å². The molecule has 0 spiro atoms. The average molecular weight is 396 g/mol. The number of benzene rings is 1. The van der Waals surface area contributed by atoms with Gasteiger partial charge in [-0.25, -0.2) is 18.2 Å². The van der Waals surface area contributed by atoms with Gasteiger partial charge >= 0.3 is 0 Å². The van der Waals surface area contributed by atoms with Crippen molar-refractivity contribution in [2.75, 3.05) is 0 Å². The predicted molar refractivity (Wildman–Crippen MR) is 95.3 cm³/mol. The van der Waals surface area contributed by atoms with Gasteiger partial charge < -0.3 is 10.5 Å². The molecular formula is C19H17ClF3N3O. The van der Waals surface area contributed by atoms with Gasteiger partial charge in [-0.05, 0) is 43.0 Å². The maximum absolute atomic E-state index is 14.6. The number of aliphatic imine (C=N–C) groups is 1. The number of rotatable bonds is 5. The summed E-state index contributed by atoms with van der Waals surface area (Å²) in [6.45, 7) is 0. The molecule has 2 aromatic rings. The van der Waals surface area contributed by atoms with Crippen LogP contribution in [0.5, 0.6) is 0 Å². The van der Waals surface area contributed by atoms with Gasteiger partial charge in [0.1, 0.15) is 11.9 Å². The van der Waals surface area contributed by atoms with Gasteiger partial charge in [0.05, 0.1) is 5.02 Å². The van der Waals surface area contributed by atoms with Crippen molar-refractivity contribution in [2.24, 2.45) is 16.6 Å². The molecule has 1 aromatic carbocycles. The molecule has 27 heavy (non-hydrogen) atoms. The fourth-order valence-electron chi connectivity index (χ4n) is 3.66. The number of alkyl halides is 2. The molecule has 2 N–H and O–H groups in total. The molecule has 142 valence electrons. The van der Waals surface area contributed by atoms with Crippen LogP contribution in [0.1, 0.15) is 23.2 Å². The van der Waals surface area contributed by atoms with Crippen molar-refractivity contribution in [3.05, 3.63) is 64.2 Å². The Morgan fingerprint density at radius 2 is 2.07 bits per heavy atom. The number of aromatic nitrogens is 1. The van der Waals surface area contributed by atoms with E-state index in [0.29, 0.717) is 24.3 Å². The van der Waals surface area contributed by atoms with Gasteiger partial charge in [0.2, 0.25) is 0 Å². The number of fused-ring (bicyclic) bond motifs is 1. The van der Waals surface area contributed by atoms with E-state index in [-0.39, 0.29) is 11.6 Å². The molecule has 4 nitrogen and oxygen atoms in total. The number of ether oxygens (including phenoxy) is 1. The molecule has 0 saturated heterocycles. The maximum Gasteiger partial charge on any atom is 0.283 e. The van der Waals surface area contributed by atoms with E-state index in [1.54, 1.807) is 24.4 Å². The van der Waals surface area contributed by atoms with Crippen molar-refractivity contribution >= 4 is 17.6 Å². The van der Waals surface area contributed by atoms with E-state index in [1.807, 2.05) is 0 Å². The lowest BCUT2D eigenvalue weighted by atomic mass is 9.83. The van der Waals surface area contributed by atoms with E-state index in [9.17, 15) is 13.2 Å². The highest BCUT2D eigenvalue weighted by Gasteiger charge is 2.64. The Bertz CT molecular complexity index is 890. The average Bonchev–Trinajstić information content (AvgIpc) is 3.41. The third-order valence-electron chi connectivity index (χ3n) is 5.12. The minimum atomic E-state index is -2.89. The molecule has 4 rings (SSSR count). The third-order valence-corrected chi connectivity index (χ3v) is 5.34. The smallest absolute Gasteiger partial charge is 0.283 e. The summed E-state index contributed by atoms with van der Waals surface area (Å²) >= 11 is 5.82. The fraction of sp³-hybridized carbons (Fsp3) is 0.368. The lowest BCUT2D eigenvalue weighted by molar-refractivity contribution is 0.0176. The number of amidine groups is 1. The number of halogens is 4. The van der Waals surface area contributed by atoms with Crippen molar-refractivity contribution in [2.45, 2.75) is 37.3 Å². The second kappa shape index (κ2) is 6.71. The fourth-order valence-corrected chi connectivity index (χ4v) is 3.77. The Balaban J connectivity index is 1.65. The predicted octanol–water partition coefficient (Wildman–Crippen LogP) is 3.85. The van der Waals surface area contributed by atoms with Crippen molar-refractivity contribution in [1.82, 2.24) is 4.98 Å². The number of hydrogen-bond acceptors (Lipinski definition) is 4. The van der Waals surface area contributed by atoms with Crippen molar-refractivity contribution < 1.29 is 17.9 Å². The Morgan fingerprint density at radius 3 is 2.78 bits per heavy atom. The minimum Gasteiger partial charge on any atom is -0.462 e. The second-order valence-corrected chi connectivity index (χ2v) is 7.29. The Labute approximate surface area is 159 Å². The van der Waals surface area contributed by atoms with Gasteiger partial charge in [-0.3, -0.25) is 4.98 Å². The first-order chi connectivity index (χ1) is 12.9. The molecule has 1 aliphatic heterocycles. The summed E-state index contributed by atoms with van der Waals surface area (Å²) in [5.74, 6) is -1.29. The van der Waals surface area contributed by atoms with Gasteiger partial charge in [0.25, 0.3) is 12.4 Å². The van der Waals surface area contributed by atoms with Crippen LogP contribution in [-0.2, 0) is 23.1 Å². The van der Waals surface area contributed by atoms with Gasteiger partial charge in [0.15, 0.2) is 5.54 Å². The van der Waals surface area contributed by atoms with Crippen LogP contribution >= 0.6 is 11.6 Å². The normalized spacial score (nSPS) is 26.3. The summed E-state index contributed by atoms with van der Waals surface area (Å²) in [6, 6.07) is 7.48. The Kier molecular flexibility index (Phi) is 4.50. The SMILES string of the molecule is NC1=N[C@@](c2cc(CCc3ccc(Cl)cn3)ccc2F)(C(F)F)[C@H]2C[C@H]2O1. The van der Waals surface area contributed by atoms with Crippen LogP contribution in [0.2, 0.25) is 5.02 Å². The van der Waals surface area contributed by atoms with Crippen LogP contribution < -0.4 is 5.73 Å². The standard InChI is InChI=1S/C19H17ClF3N3O/c20-11-3-5-12(25-9-11)4-1-10-2-6-15(21)13(7-10)19(17(22)23)14-8-16(14)27-18(24)26-19/h2-3,5-7,9,14,16-17H,1,4,8H2,(H2,24,26)/t14-,16+,19+/m0/s1. The quantitative estimate of drug-likeness (QED) is 0.836. The molecule has 1 saturated carbocycles. The van der Waals surface area contributed by atoms with Crippen LogP contribution in [0.25, 0.3) is 0 Å². The molecule has 0 unspecified atom stereocenters. The summed E-state index contributed by atoms with van der Waals surface area (Å²) in [6.07, 6.45) is -0.302.